The van der Waals surface area contributed by atoms with Gasteiger partial charge in [0.05, 0.1) is 6.61 Å². The highest BCUT2D eigenvalue weighted by molar-refractivity contribution is 5.69. The maximum atomic E-state index is 13.2. The SMILES string of the molecule is C=[N+]([O-])c1ccc(COC(=O)NCC(Cc2ccccc2)(c2cccc(OC(F)(F)F)c2)c2cccc(OC(F)(F)F)c2)cc1.CCCCC(CC)COC(=O)NCC(Cc1ccccc1)(c1cccc(OC(F)(F)F)c1)c1cccc(OC(F)(F)F)c1.O=C(NCC(Cc1ccccc1)(c1cccc(OC(F)(F)F)c1)c1cccc(OC(F)(F)F)c1)OCc1ccccc1. The van der Waals surface area contributed by atoms with Crippen molar-refractivity contribution in [2.24, 2.45) is 5.92 Å². The zero-order valence-electron chi connectivity index (χ0n) is 69.2. The average molecular weight is 1830 g/mol. The first-order chi connectivity index (χ1) is 61.5. The summed E-state index contributed by atoms with van der Waals surface area (Å²) in [6.07, 6.45) is -28.6. The topological polar surface area (TPSA) is 196 Å². The van der Waals surface area contributed by atoms with Crippen LogP contribution in [0.25, 0.3) is 0 Å². The number of hydrogen-bond acceptors (Lipinski definition) is 13. The fourth-order valence-electron chi connectivity index (χ4n) is 14.2. The zero-order valence-corrected chi connectivity index (χ0v) is 69.2. The van der Waals surface area contributed by atoms with E-state index in [9.17, 15) is 98.6 Å². The lowest BCUT2D eigenvalue weighted by Crippen LogP contribution is -2.44. The Morgan fingerprint density at radius 3 is 0.792 bits per heavy atom. The lowest BCUT2D eigenvalue weighted by atomic mass is 9.70. The van der Waals surface area contributed by atoms with Crippen LogP contribution in [0.1, 0.15) is 101 Å². The standard InChI is InChI=1S/C32H26F6N2O5.C32H35F6NO4.C31H25F6NO4/c1-40(42)26-15-13-23(14-16-26)20-43-29(41)39-21-30(19-22-7-3-2-4-8-22,24-9-5-11-27(17-24)44-31(33,34)35)25-10-6-12-28(18-25)45-32(36,37)38;1-3-5-11-23(4-2)21-41-29(40)39-22-30(20-24-12-7-6-8-13-24,25-14-9-16-27(18-25)42-31(33,34)35)26-15-10-17-28(19-26)43-32(36,37)38;32-30(33,34)41-26-15-7-13-24(17-26)29(19-22-9-3-1-4-10-22,25-14-8-16-27(18-25)42-31(35,36)37)21-38-28(39)40-20-23-11-5-2-6-12-23/h2-18H,1,19-21H2,(H,39,41);6-10,12-19,23H,3-5,11,20-22H2,1-2H3,(H,39,40);1-18H,19-21H2,(H,38,39). The Kier molecular flexibility index (Phi) is 34.8. The number of amides is 3. The highest BCUT2D eigenvalue weighted by Gasteiger charge is 2.44. The Labute approximate surface area is 735 Å². The molecule has 0 spiro atoms. The Balaban J connectivity index is 0.000000220. The molecule has 0 aromatic heterocycles. The summed E-state index contributed by atoms with van der Waals surface area (Å²) < 4.78 is 278. The van der Waals surface area contributed by atoms with Crippen LogP contribution in [-0.4, -0.2) is 94.2 Å². The molecule has 0 saturated carbocycles. The van der Waals surface area contributed by atoms with Crippen molar-refractivity contribution in [2.45, 2.75) is 126 Å². The number of alkyl halides is 18. The molecule has 0 aliphatic heterocycles. The molecule has 3 amide bonds. The first-order valence-corrected chi connectivity index (χ1v) is 39.9. The second-order valence-corrected chi connectivity index (χ2v) is 29.4. The normalized spacial score (nSPS) is 12.2. The molecule has 0 heterocycles. The molecule has 0 aliphatic rings. The largest absolute Gasteiger partial charge is 0.619 e. The second kappa shape index (κ2) is 45.3. The van der Waals surface area contributed by atoms with E-state index in [0.29, 0.717) is 27.0 Å². The molecule has 1 atom stereocenters. The molecule has 0 aliphatic carbocycles. The van der Waals surface area contributed by atoms with Gasteiger partial charge < -0.3 is 63.8 Å². The number of carbonyl (C=O) groups is 3. The predicted octanol–water partition coefficient (Wildman–Crippen LogP) is 24.7. The molecule has 11 rings (SSSR count). The van der Waals surface area contributed by atoms with Gasteiger partial charge in [-0.2, -0.15) is 4.74 Å². The van der Waals surface area contributed by atoms with E-state index in [4.69, 9.17) is 14.2 Å². The second-order valence-electron chi connectivity index (χ2n) is 29.4. The fraction of sp³-hybridized carbons (Fsp3) is 0.263. The van der Waals surface area contributed by atoms with Crippen molar-refractivity contribution < 1.29 is 141 Å². The number of halogens is 18. The van der Waals surface area contributed by atoms with E-state index in [0.717, 1.165) is 91.9 Å². The third kappa shape index (κ3) is 32.5. The summed E-state index contributed by atoms with van der Waals surface area (Å²) in [5.74, 6) is -3.08. The highest BCUT2D eigenvalue weighted by Crippen LogP contribution is 2.45. The zero-order chi connectivity index (χ0) is 94.4. The molecule has 3 N–H and O–H groups in total. The van der Waals surface area contributed by atoms with Crippen molar-refractivity contribution >= 4 is 30.7 Å². The average Bonchev–Trinajstić information content (AvgIpc) is 0.772. The lowest BCUT2D eigenvalue weighted by molar-refractivity contribution is -0.349. The number of carbonyl (C=O) groups excluding carboxylic acids is 3. The van der Waals surface area contributed by atoms with Gasteiger partial charge in [0.15, 0.2) is 0 Å². The van der Waals surface area contributed by atoms with Crippen LogP contribution in [0.15, 0.2) is 291 Å². The van der Waals surface area contributed by atoms with Gasteiger partial charge in [-0.25, -0.2) is 14.4 Å². The van der Waals surface area contributed by atoms with Gasteiger partial charge in [-0.05, 0) is 178 Å². The lowest BCUT2D eigenvalue weighted by Gasteiger charge is -2.36. The minimum Gasteiger partial charge on any atom is -0.619 e. The van der Waals surface area contributed by atoms with E-state index in [-0.39, 0.29) is 104 Å². The highest BCUT2D eigenvalue weighted by atomic mass is 19.4. The molecule has 130 heavy (non-hydrogen) atoms. The van der Waals surface area contributed by atoms with Crippen molar-refractivity contribution in [3.8, 4) is 34.5 Å². The molecule has 690 valence electrons. The van der Waals surface area contributed by atoms with Crippen LogP contribution in [-0.2, 0) is 62.9 Å². The van der Waals surface area contributed by atoms with Gasteiger partial charge in [-0.1, -0.05) is 227 Å². The van der Waals surface area contributed by atoms with Gasteiger partial charge in [0.25, 0.3) is 0 Å². The molecule has 0 bridgehead atoms. The number of benzene rings is 11. The first kappa shape index (κ1) is 100. The van der Waals surface area contributed by atoms with Crippen LogP contribution in [0.2, 0.25) is 0 Å². The number of rotatable bonds is 35. The van der Waals surface area contributed by atoms with E-state index in [1.54, 1.807) is 133 Å². The number of unbranched alkanes of at least 4 members (excludes halogenated alkanes) is 1. The van der Waals surface area contributed by atoms with Crippen molar-refractivity contribution in [3.05, 3.63) is 358 Å². The maximum absolute atomic E-state index is 13.2. The van der Waals surface area contributed by atoms with Crippen molar-refractivity contribution in [1.82, 2.24) is 16.0 Å². The Morgan fingerprint density at radius 2 is 0.562 bits per heavy atom. The number of nitrogens with one attached hydrogen (secondary N) is 3. The van der Waals surface area contributed by atoms with E-state index >= 15 is 0 Å². The minimum absolute atomic E-state index is 0.0251. The molecule has 17 nitrogen and oxygen atoms in total. The summed E-state index contributed by atoms with van der Waals surface area (Å²) in [7, 11) is 0. The Bertz CT molecular complexity index is 5240. The predicted molar refractivity (Wildman–Crippen MR) is 444 cm³/mol. The number of hydrogen-bond donors (Lipinski definition) is 3. The smallest absolute Gasteiger partial charge is 0.573 e. The number of nitrogens with zero attached hydrogens (tertiary/aromatic N) is 1. The summed E-state index contributed by atoms with van der Waals surface area (Å²) in [5, 5.41) is 19.3. The van der Waals surface area contributed by atoms with Crippen LogP contribution >= 0.6 is 0 Å². The van der Waals surface area contributed by atoms with Crippen molar-refractivity contribution in [3.63, 3.8) is 0 Å². The van der Waals surface area contributed by atoms with Gasteiger partial charge in [-0.3, -0.25) is 0 Å². The van der Waals surface area contributed by atoms with Crippen molar-refractivity contribution in [1.29, 1.82) is 0 Å². The van der Waals surface area contributed by atoms with Crippen LogP contribution in [0.3, 0.4) is 0 Å². The molecule has 35 heteroatoms. The first-order valence-electron chi connectivity index (χ1n) is 39.9. The molecule has 11 aromatic carbocycles. The van der Waals surface area contributed by atoms with Gasteiger partial charge in [0, 0.05) is 48.0 Å². The van der Waals surface area contributed by atoms with E-state index < -0.39 is 107 Å². The third-order valence-electron chi connectivity index (χ3n) is 20.2. The molecule has 0 radical (unpaired) electrons. The van der Waals surface area contributed by atoms with Crippen LogP contribution in [0, 0.1) is 11.1 Å². The van der Waals surface area contributed by atoms with Crippen molar-refractivity contribution in [2.75, 3.05) is 26.2 Å². The number of alkyl carbamates (subject to hydrolysis) is 3. The minimum atomic E-state index is -5.01. The summed E-state index contributed by atoms with van der Waals surface area (Å²) in [6.45, 7) is 6.42. The van der Waals surface area contributed by atoms with Gasteiger partial charge in [-0.15, -0.1) is 79.0 Å². The molecule has 0 fully saturated rings. The van der Waals surface area contributed by atoms with E-state index in [1.165, 1.54) is 97.1 Å². The Morgan fingerprint density at radius 1 is 0.323 bits per heavy atom. The number of ether oxygens (including phenoxy) is 9. The van der Waals surface area contributed by atoms with Gasteiger partial charge in [0.1, 0.15) is 54.4 Å². The van der Waals surface area contributed by atoms with Crippen LogP contribution in [0.5, 0.6) is 34.5 Å². The summed E-state index contributed by atoms with van der Waals surface area (Å²) in [4.78, 5) is 38.6. The van der Waals surface area contributed by atoms with Gasteiger partial charge >= 0.3 is 56.5 Å². The molecule has 0 saturated heterocycles. The summed E-state index contributed by atoms with van der Waals surface area (Å²) >= 11 is 0. The van der Waals surface area contributed by atoms with Crippen LogP contribution < -0.4 is 44.4 Å². The quantitative estimate of drug-likeness (QED) is 0.00848. The molecular formula is C95H86F18N4O13. The van der Waals surface area contributed by atoms with Gasteiger partial charge in [0.2, 0.25) is 5.69 Å². The molecular weight excluding hydrogens is 1750 g/mol. The fourth-order valence-corrected chi connectivity index (χ4v) is 14.2. The third-order valence-corrected chi connectivity index (χ3v) is 20.2. The maximum Gasteiger partial charge on any atom is 0.573 e. The summed E-state index contributed by atoms with van der Waals surface area (Å²) in [5.41, 5.74) is 0.778. The van der Waals surface area contributed by atoms with Crippen LogP contribution in [0.4, 0.5) is 99.1 Å². The molecule has 11 aromatic rings. The Hall–Kier alpha value is -13.8. The van der Waals surface area contributed by atoms with E-state index in [1.807, 2.05) is 6.92 Å². The van der Waals surface area contributed by atoms with E-state index in [2.05, 4.69) is 58.0 Å². The monoisotopic (exact) mass is 1830 g/mol. The molecule has 1 unspecified atom stereocenters. The summed E-state index contributed by atoms with van der Waals surface area (Å²) in [6, 6.07) is 71.7.